The largest absolute Gasteiger partial charge is 0.497 e. The molecule has 0 unspecified atom stereocenters. The minimum Gasteiger partial charge on any atom is -0.497 e. The van der Waals surface area contributed by atoms with Gasteiger partial charge >= 0.3 is 0 Å². The molecule has 1 fully saturated rings. The molecule has 1 aliphatic rings. The van der Waals surface area contributed by atoms with Gasteiger partial charge in [0.15, 0.2) is 5.78 Å². The molecule has 28 heavy (non-hydrogen) atoms. The lowest BCUT2D eigenvalue weighted by atomic mass is 9.89. The SMILES string of the molecule is COc1ccc(C(=O)[C@H]2CCCN(S(=O)(=O)c3c(C)nn(C)c3Cl)C2)c(C)c1. The van der Waals surface area contributed by atoms with Gasteiger partial charge in [0, 0.05) is 31.6 Å². The first kappa shape index (κ1) is 20.8. The Balaban J connectivity index is 1.87. The Morgan fingerprint density at radius 2 is 2.04 bits per heavy atom. The maximum absolute atomic E-state index is 13.2. The van der Waals surface area contributed by atoms with Gasteiger partial charge in [-0.25, -0.2) is 8.42 Å². The van der Waals surface area contributed by atoms with E-state index in [4.69, 9.17) is 16.3 Å². The number of carbonyl (C=O) groups excluding carboxylic acids is 1. The third-order valence-electron chi connectivity index (χ3n) is 5.15. The van der Waals surface area contributed by atoms with E-state index in [0.29, 0.717) is 36.4 Å². The minimum absolute atomic E-state index is 0.0189. The highest BCUT2D eigenvalue weighted by Gasteiger charge is 2.37. The molecule has 7 nitrogen and oxygen atoms in total. The number of rotatable bonds is 5. The third-order valence-corrected chi connectivity index (χ3v) is 7.71. The molecule has 2 heterocycles. The molecule has 0 aliphatic carbocycles. The van der Waals surface area contributed by atoms with Crippen LogP contribution in [0.25, 0.3) is 0 Å². The molecule has 1 atom stereocenters. The quantitative estimate of drug-likeness (QED) is 0.688. The fourth-order valence-electron chi connectivity index (χ4n) is 3.67. The average Bonchev–Trinajstić information content (AvgIpc) is 2.93. The standard InChI is InChI=1S/C19H24ClN3O4S/c1-12-10-15(27-4)7-8-16(12)17(24)14-6-5-9-23(11-14)28(25,26)18-13(2)21-22(3)19(18)20/h7-8,10,14H,5-6,9,11H2,1-4H3/t14-/m0/s1. The Hall–Kier alpha value is -1.90. The number of carbonyl (C=O) groups is 1. The Morgan fingerprint density at radius 3 is 2.61 bits per heavy atom. The summed E-state index contributed by atoms with van der Waals surface area (Å²) in [6.45, 7) is 3.97. The van der Waals surface area contributed by atoms with Crippen molar-refractivity contribution in [1.29, 1.82) is 0 Å². The Kier molecular flexibility index (Phi) is 5.84. The van der Waals surface area contributed by atoms with Crippen LogP contribution in [-0.2, 0) is 17.1 Å². The van der Waals surface area contributed by atoms with Crippen LogP contribution in [0.2, 0.25) is 5.15 Å². The monoisotopic (exact) mass is 425 g/mol. The number of nitrogens with zero attached hydrogens (tertiary/aromatic N) is 3. The number of sulfonamides is 1. The van der Waals surface area contributed by atoms with Crippen molar-refractivity contribution in [3.8, 4) is 5.75 Å². The van der Waals surface area contributed by atoms with E-state index in [1.54, 1.807) is 33.2 Å². The van der Waals surface area contributed by atoms with Gasteiger partial charge in [-0.2, -0.15) is 9.40 Å². The number of piperidine rings is 1. The highest BCUT2D eigenvalue weighted by atomic mass is 35.5. The number of ketones is 1. The molecule has 0 bridgehead atoms. The Bertz CT molecular complexity index is 1020. The van der Waals surface area contributed by atoms with Gasteiger partial charge in [-0.15, -0.1) is 0 Å². The molecule has 0 radical (unpaired) electrons. The van der Waals surface area contributed by atoms with E-state index >= 15 is 0 Å². The molecule has 1 aromatic carbocycles. The average molecular weight is 426 g/mol. The molecule has 1 aliphatic heterocycles. The zero-order chi connectivity index (χ0) is 20.6. The second-order valence-corrected chi connectivity index (χ2v) is 9.31. The Labute approximate surface area is 170 Å². The molecule has 152 valence electrons. The first-order valence-corrected chi connectivity index (χ1v) is 10.9. The second-order valence-electron chi connectivity index (χ2n) is 7.08. The van der Waals surface area contributed by atoms with Crippen LogP contribution in [0.15, 0.2) is 23.1 Å². The maximum Gasteiger partial charge on any atom is 0.248 e. The number of ether oxygens (including phenoxy) is 1. The summed E-state index contributed by atoms with van der Waals surface area (Å²) in [5.41, 5.74) is 1.77. The lowest BCUT2D eigenvalue weighted by Crippen LogP contribution is -2.42. The highest BCUT2D eigenvalue weighted by molar-refractivity contribution is 7.89. The van der Waals surface area contributed by atoms with Gasteiger partial charge in [0.25, 0.3) is 0 Å². The van der Waals surface area contributed by atoms with Crippen molar-refractivity contribution in [2.24, 2.45) is 13.0 Å². The second kappa shape index (κ2) is 7.85. The van der Waals surface area contributed by atoms with Gasteiger partial charge in [0.05, 0.1) is 12.8 Å². The van der Waals surface area contributed by atoms with Crippen molar-refractivity contribution in [2.45, 2.75) is 31.6 Å². The van der Waals surface area contributed by atoms with Crippen molar-refractivity contribution < 1.29 is 17.9 Å². The maximum atomic E-state index is 13.2. The summed E-state index contributed by atoms with van der Waals surface area (Å²) in [5.74, 6) is 0.240. The number of Topliss-reactive ketones (excluding diaryl/α,β-unsaturated/α-hetero) is 1. The van der Waals surface area contributed by atoms with E-state index in [2.05, 4.69) is 5.10 Å². The van der Waals surface area contributed by atoms with Crippen LogP contribution in [0.1, 0.15) is 34.5 Å². The van der Waals surface area contributed by atoms with Gasteiger partial charge in [-0.05, 0) is 50.5 Å². The Morgan fingerprint density at radius 1 is 1.32 bits per heavy atom. The summed E-state index contributed by atoms with van der Waals surface area (Å²) in [4.78, 5) is 13.1. The molecule has 2 aromatic rings. The van der Waals surface area contributed by atoms with Gasteiger partial charge in [-0.3, -0.25) is 9.48 Å². The molecule has 0 saturated carbocycles. The molecule has 0 N–H and O–H groups in total. The fourth-order valence-corrected chi connectivity index (χ4v) is 5.90. The number of benzene rings is 1. The predicted molar refractivity (Wildman–Crippen MR) is 106 cm³/mol. The van der Waals surface area contributed by atoms with Gasteiger partial charge in [0.2, 0.25) is 10.0 Å². The fraction of sp³-hybridized carbons (Fsp3) is 0.474. The molecular formula is C19H24ClN3O4S. The first-order chi connectivity index (χ1) is 13.2. The molecular weight excluding hydrogens is 402 g/mol. The number of aryl methyl sites for hydroxylation is 3. The summed E-state index contributed by atoms with van der Waals surface area (Å²) >= 11 is 6.18. The summed E-state index contributed by atoms with van der Waals surface area (Å²) < 4.78 is 34.2. The van der Waals surface area contributed by atoms with E-state index in [1.807, 2.05) is 13.0 Å². The lowest BCUT2D eigenvalue weighted by molar-refractivity contribution is 0.0872. The number of halogens is 1. The van der Waals surface area contributed by atoms with Crippen LogP contribution in [0.3, 0.4) is 0 Å². The zero-order valence-electron chi connectivity index (χ0n) is 16.4. The summed E-state index contributed by atoms with van der Waals surface area (Å²) in [6.07, 6.45) is 1.26. The van der Waals surface area contributed by atoms with Crippen LogP contribution in [0, 0.1) is 19.8 Å². The molecule has 1 saturated heterocycles. The van der Waals surface area contributed by atoms with E-state index in [1.165, 1.54) is 8.99 Å². The molecule has 0 amide bonds. The van der Waals surface area contributed by atoms with E-state index in [0.717, 1.165) is 5.56 Å². The molecule has 1 aromatic heterocycles. The number of hydrogen-bond acceptors (Lipinski definition) is 5. The topological polar surface area (TPSA) is 81.5 Å². The van der Waals surface area contributed by atoms with Gasteiger partial charge < -0.3 is 4.74 Å². The lowest BCUT2D eigenvalue weighted by Gasteiger charge is -2.31. The molecule has 9 heteroatoms. The van der Waals surface area contributed by atoms with E-state index in [9.17, 15) is 13.2 Å². The van der Waals surface area contributed by atoms with Gasteiger partial charge in [0.1, 0.15) is 15.8 Å². The summed E-state index contributed by atoms with van der Waals surface area (Å²) in [6, 6.07) is 5.30. The van der Waals surface area contributed by atoms with Crippen LogP contribution >= 0.6 is 11.6 Å². The number of aromatic nitrogens is 2. The van der Waals surface area contributed by atoms with Crippen LogP contribution in [0.5, 0.6) is 5.75 Å². The highest BCUT2D eigenvalue weighted by Crippen LogP contribution is 2.31. The van der Waals surface area contributed by atoms with Crippen molar-refractivity contribution >= 4 is 27.4 Å². The van der Waals surface area contributed by atoms with E-state index < -0.39 is 15.9 Å². The van der Waals surface area contributed by atoms with Crippen LogP contribution in [0.4, 0.5) is 0 Å². The minimum atomic E-state index is -3.83. The van der Waals surface area contributed by atoms with Crippen molar-refractivity contribution in [3.05, 3.63) is 40.2 Å². The first-order valence-electron chi connectivity index (χ1n) is 9.05. The zero-order valence-corrected chi connectivity index (χ0v) is 18.0. The van der Waals surface area contributed by atoms with Crippen molar-refractivity contribution in [1.82, 2.24) is 14.1 Å². The number of methoxy groups -OCH3 is 1. The summed E-state index contributed by atoms with van der Waals surface area (Å²) in [5, 5.41) is 4.18. The van der Waals surface area contributed by atoms with Crippen LogP contribution in [-0.4, -0.2) is 48.5 Å². The normalized spacial score (nSPS) is 18.2. The molecule has 3 rings (SSSR count). The third kappa shape index (κ3) is 3.68. The van der Waals surface area contributed by atoms with Gasteiger partial charge in [-0.1, -0.05) is 11.6 Å². The van der Waals surface area contributed by atoms with Crippen LogP contribution < -0.4 is 4.74 Å². The molecule has 0 spiro atoms. The summed E-state index contributed by atoms with van der Waals surface area (Å²) in [7, 11) is -0.650. The van der Waals surface area contributed by atoms with E-state index in [-0.39, 0.29) is 22.4 Å². The van der Waals surface area contributed by atoms with Crippen molar-refractivity contribution in [3.63, 3.8) is 0 Å². The van der Waals surface area contributed by atoms with Crippen molar-refractivity contribution in [2.75, 3.05) is 20.2 Å². The number of hydrogen-bond donors (Lipinski definition) is 0. The predicted octanol–water partition coefficient (Wildman–Crippen LogP) is 2.98. The smallest absolute Gasteiger partial charge is 0.248 e.